The minimum absolute atomic E-state index is 0.215. The lowest BCUT2D eigenvalue weighted by Crippen LogP contribution is -2.08. The van der Waals surface area contributed by atoms with Crippen LogP contribution in [0.2, 0.25) is 0 Å². The van der Waals surface area contributed by atoms with Crippen molar-refractivity contribution in [2.45, 2.75) is 0 Å². The molecule has 0 saturated carbocycles. The maximum Gasteiger partial charge on any atom is 0.338 e. The fourth-order valence-electron chi connectivity index (χ4n) is 2.24. The molecule has 0 fully saturated rings. The number of carbonyl (C=O) groups excluding carboxylic acids is 1. The van der Waals surface area contributed by atoms with Crippen LogP contribution in [0.3, 0.4) is 0 Å². The molecule has 3 aromatic rings. The molecule has 0 saturated heterocycles. The highest BCUT2D eigenvalue weighted by Crippen LogP contribution is 2.29. The van der Waals surface area contributed by atoms with Crippen molar-refractivity contribution in [3.63, 3.8) is 0 Å². The van der Waals surface area contributed by atoms with Gasteiger partial charge in [0.15, 0.2) is 0 Å². The van der Waals surface area contributed by atoms with Gasteiger partial charge in [-0.3, -0.25) is 0 Å². The van der Waals surface area contributed by atoms with E-state index >= 15 is 0 Å². The van der Waals surface area contributed by atoms with Gasteiger partial charge in [-0.25, -0.2) is 9.59 Å². The molecule has 0 aliphatic rings. The minimum Gasteiger partial charge on any atom is -0.465 e. The molecule has 0 radical (unpaired) electrons. The summed E-state index contributed by atoms with van der Waals surface area (Å²) in [5.74, 6) is -0.557. The fourth-order valence-corrected chi connectivity index (χ4v) is 2.62. The smallest absolute Gasteiger partial charge is 0.338 e. The van der Waals surface area contributed by atoms with E-state index in [1.165, 1.54) is 7.11 Å². The third kappa shape index (κ3) is 2.00. The molecule has 0 aliphatic carbocycles. The van der Waals surface area contributed by atoms with Crippen molar-refractivity contribution < 1.29 is 13.9 Å². The maximum absolute atomic E-state index is 11.9. The zero-order valence-corrected chi connectivity index (χ0v) is 12.1. The van der Waals surface area contributed by atoms with Crippen LogP contribution < -0.4 is 5.63 Å². The Bertz CT molecular complexity index is 895. The van der Waals surface area contributed by atoms with Crippen LogP contribution in [-0.2, 0) is 4.74 Å². The molecule has 4 nitrogen and oxygen atoms in total. The molecule has 0 N–H and O–H groups in total. The summed E-state index contributed by atoms with van der Waals surface area (Å²) in [6, 6.07) is 10.4. The number of benzene rings is 2. The van der Waals surface area contributed by atoms with E-state index in [0.717, 1.165) is 21.3 Å². The van der Waals surface area contributed by atoms with E-state index in [2.05, 4.69) is 15.9 Å². The number of methoxy groups -OCH3 is 1. The summed E-state index contributed by atoms with van der Waals surface area (Å²) in [5.41, 5.74) is 0.00811. The summed E-state index contributed by atoms with van der Waals surface area (Å²) < 4.78 is 10.8. The lowest BCUT2D eigenvalue weighted by molar-refractivity contribution is 0.0602. The molecule has 3 rings (SSSR count). The third-order valence-corrected chi connectivity index (χ3v) is 3.58. The van der Waals surface area contributed by atoms with Crippen LogP contribution in [0.25, 0.3) is 21.7 Å². The van der Waals surface area contributed by atoms with Gasteiger partial charge >= 0.3 is 11.6 Å². The van der Waals surface area contributed by atoms with Crippen LogP contribution in [-0.4, -0.2) is 13.1 Å². The van der Waals surface area contributed by atoms with Gasteiger partial charge in [-0.15, -0.1) is 0 Å². The predicted molar refractivity (Wildman–Crippen MR) is 79.0 cm³/mol. The van der Waals surface area contributed by atoms with Gasteiger partial charge in [0.05, 0.1) is 12.7 Å². The van der Waals surface area contributed by atoms with Gasteiger partial charge in [0.25, 0.3) is 0 Å². The summed E-state index contributed by atoms with van der Waals surface area (Å²) in [6.45, 7) is 0. The summed E-state index contributed by atoms with van der Waals surface area (Å²) in [4.78, 5) is 23.4. The van der Waals surface area contributed by atoms with Crippen LogP contribution in [0.4, 0.5) is 0 Å². The number of rotatable bonds is 1. The van der Waals surface area contributed by atoms with E-state index in [4.69, 9.17) is 9.15 Å². The van der Waals surface area contributed by atoms with Gasteiger partial charge in [-0.2, -0.15) is 0 Å². The monoisotopic (exact) mass is 332 g/mol. The number of carbonyl (C=O) groups is 1. The van der Waals surface area contributed by atoms with Crippen LogP contribution in [0.15, 0.2) is 50.1 Å². The van der Waals surface area contributed by atoms with Crippen molar-refractivity contribution in [3.8, 4) is 0 Å². The Labute approximate surface area is 122 Å². The summed E-state index contributed by atoms with van der Waals surface area (Å²) in [5, 5.41) is 2.35. The normalized spacial score (nSPS) is 10.9. The Kier molecular flexibility index (Phi) is 3.06. The molecule has 5 heteroatoms. The van der Waals surface area contributed by atoms with Crippen molar-refractivity contribution in [2.75, 3.05) is 7.11 Å². The molecule has 0 unspecified atom stereocenters. The van der Waals surface area contributed by atoms with E-state index in [1.54, 1.807) is 6.07 Å². The summed E-state index contributed by atoms with van der Waals surface area (Å²) in [7, 11) is 1.28. The Morgan fingerprint density at radius 2 is 2.00 bits per heavy atom. The number of fused-ring (bicyclic) bond motifs is 3. The number of hydrogen-bond acceptors (Lipinski definition) is 4. The summed E-state index contributed by atoms with van der Waals surface area (Å²) >= 11 is 3.40. The number of halogens is 1. The average Bonchev–Trinajstić information content (AvgIpc) is 2.44. The molecule has 1 heterocycles. The first kappa shape index (κ1) is 12.9. The lowest BCUT2D eigenvalue weighted by Gasteiger charge is -2.07. The van der Waals surface area contributed by atoms with E-state index in [1.807, 2.05) is 24.3 Å². The van der Waals surface area contributed by atoms with E-state index < -0.39 is 11.6 Å². The largest absolute Gasteiger partial charge is 0.465 e. The predicted octanol–water partition coefficient (Wildman–Crippen LogP) is 3.50. The molecule has 20 heavy (non-hydrogen) atoms. The van der Waals surface area contributed by atoms with Crippen molar-refractivity contribution in [1.29, 1.82) is 0 Å². The molecule has 0 amide bonds. The van der Waals surface area contributed by atoms with Crippen molar-refractivity contribution in [1.82, 2.24) is 0 Å². The highest BCUT2D eigenvalue weighted by Gasteiger charge is 2.16. The maximum atomic E-state index is 11.9. The number of esters is 1. The highest BCUT2D eigenvalue weighted by molar-refractivity contribution is 9.10. The molecule has 0 bridgehead atoms. The van der Waals surface area contributed by atoms with Gasteiger partial charge in [-0.1, -0.05) is 28.1 Å². The van der Waals surface area contributed by atoms with Crippen LogP contribution in [0.1, 0.15) is 10.4 Å². The SMILES string of the molecule is COC(=O)c1cc(=O)oc2ccc3cc(Br)ccc3c12. The average molecular weight is 333 g/mol. The van der Waals surface area contributed by atoms with Gasteiger partial charge in [-0.05, 0) is 29.0 Å². The molecule has 2 aromatic carbocycles. The summed E-state index contributed by atoms with van der Waals surface area (Å²) in [6.07, 6.45) is 0. The number of hydrogen-bond donors (Lipinski definition) is 0. The van der Waals surface area contributed by atoms with Crippen LogP contribution in [0.5, 0.6) is 0 Å². The second-order valence-corrected chi connectivity index (χ2v) is 5.19. The molecule has 100 valence electrons. The zero-order chi connectivity index (χ0) is 14.3. The Morgan fingerprint density at radius 1 is 1.20 bits per heavy atom. The van der Waals surface area contributed by atoms with Gasteiger partial charge < -0.3 is 9.15 Å². The lowest BCUT2D eigenvalue weighted by atomic mass is 10.0. The van der Waals surface area contributed by atoms with Crippen LogP contribution in [0, 0.1) is 0 Å². The molecular weight excluding hydrogens is 324 g/mol. The van der Waals surface area contributed by atoms with Crippen molar-refractivity contribution in [2.24, 2.45) is 0 Å². The molecular formula is C15H9BrO4. The highest BCUT2D eigenvalue weighted by atomic mass is 79.9. The molecule has 1 aromatic heterocycles. The Balaban J connectivity index is 2.54. The first-order chi connectivity index (χ1) is 9.60. The van der Waals surface area contributed by atoms with Gasteiger partial charge in [0.2, 0.25) is 0 Å². The molecule has 0 atom stereocenters. The molecule has 0 aliphatic heterocycles. The van der Waals surface area contributed by atoms with E-state index in [-0.39, 0.29) is 5.56 Å². The second kappa shape index (κ2) is 4.76. The van der Waals surface area contributed by atoms with Gasteiger partial charge in [0.1, 0.15) is 5.58 Å². The molecule has 0 spiro atoms. The number of ether oxygens (including phenoxy) is 1. The third-order valence-electron chi connectivity index (χ3n) is 3.09. The first-order valence-electron chi connectivity index (χ1n) is 5.84. The standard InChI is InChI=1S/C15H9BrO4/c1-19-15(18)11-7-13(17)20-12-5-2-8-6-9(16)3-4-10(8)14(11)12/h2-7H,1H3. The minimum atomic E-state index is -0.575. The Hall–Kier alpha value is -2.14. The topological polar surface area (TPSA) is 56.5 Å². The van der Waals surface area contributed by atoms with Gasteiger partial charge in [0, 0.05) is 15.9 Å². The second-order valence-electron chi connectivity index (χ2n) is 4.27. The van der Waals surface area contributed by atoms with Crippen molar-refractivity contribution >= 4 is 43.6 Å². The quantitative estimate of drug-likeness (QED) is 0.389. The van der Waals surface area contributed by atoms with Crippen LogP contribution >= 0.6 is 15.9 Å². The Morgan fingerprint density at radius 3 is 2.75 bits per heavy atom. The van der Waals surface area contributed by atoms with E-state index in [0.29, 0.717) is 11.0 Å². The fraction of sp³-hybridized carbons (Fsp3) is 0.0667. The van der Waals surface area contributed by atoms with E-state index in [9.17, 15) is 9.59 Å². The van der Waals surface area contributed by atoms with Crippen molar-refractivity contribution in [3.05, 3.63) is 56.9 Å². The zero-order valence-electron chi connectivity index (χ0n) is 10.5. The first-order valence-corrected chi connectivity index (χ1v) is 6.64.